The smallest absolute Gasteiger partial charge is 0.224 e. The van der Waals surface area contributed by atoms with Gasteiger partial charge in [0, 0.05) is 24.3 Å². The molecule has 0 fully saturated rings. The van der Waals surface area contributed by atoms with Gasteiger partial charge in [-0.3, -0.25) is 4.68 Å². The quantitative estimate of drug-likeness (QED) is 0.744. The summed E-state index contributed by atoms with van der Waals surface area (Å²) in [6.45, 7) is 1.43. The zero-order valence-electron chi connectivity index (χ0n) is 9.58. The molecule has 0 aliphatic heterocycles. The van der Waals surface area contributed by atoms with Crippen LogP contribution in [0.1, 0.15) is 0 Å². The van der Waals surface area contributed by atoms with E-state index in [1.807, 2.05) is 17.6 Å². The van der Waals surface area contributed by atoms with Gasteiger partial charge in [-0.2, -0.15) is 5.10 Å². The van der Waals surface area contributed by atoms with E-state index >= 15 is 0 Å². The van der Waals surface area contributed by atoms with Crippen LogP contribution in [0.25, 0.3) is 10.2 Å². The van der Waals surface area contributed by atoms with Crippen LogP contribution in [-0.2, 0) is 6.54 Å². The first-order valence-corrected chi connectivity index (χ1v) is 6.41. The average Bonchev–Trinajstić information content (AvgIpc) is 2.97. The molecule has 18 heavy (non-hydrogen) atoms. The van der Waals surface area contributed by atoms with Gasteiger partial charge in [-0.15, -0.1) is 11.3 Å². The molecular weight excluding hydrogens is 248 g/mol. The predicted octanol–water partition coefficient (Wildman–Crippen LogP) is 1.58. The van der Waals surface area contributed by atoms with Gasteiger partial charge in [0.2, 0.25) is 5.95 Å². The van der Waals surface area contributed by atoms with Crippen LogP contribution < -0.4 is 11.1 Å². The molecule has 0 bridgehead atoms. The number of nitrogen functional groups attached to an aromatic ring is 1. The number of nitrogens with two attached hydrogens (primary N) is 1. The van der Waals surface area contributed by atoms with Gasteiger partial charge in [0.25, 0.3) is 0 Å². The monoisotopic (exact) mass is 260 g/mol. The van der Waals surface area contributed by atoms with Gasteiger partial charge < -0.3 is 11.1 Å². The minimum absolute atomic E-state index is 0.644. The molecule has 0 saturated carbocycles. The lowest BCUT2D eigenvalue weighted by molar-refractivity contribution is 0.636. The minimum Gasteiger partial charge on any atom is -0.396 e. The molecule has 3 rings (SSSR count). The zero-order valence-corrected chi connectivity index (χ0v) is 10.4. The Bertz CT molecular complexity index is 658. The van der Waals surface area contributed by atoms with Crippen LogP contribution in [0, 0.1) is 0 Å². The number of hydrogen-bond donors (Lipinski definition) is 2. The molecule has 3 N–H and O–H groups in total. The number of nitrogens with zero attached hydrogens (tertiary/aromatic N) is 4. The van der Waals surface area contributed by atoms with Gasteiger partial charge in [-0.05, 0) is 11.4 Å². The summed E-state index contributed by atoms with van der Waals surface area (Å²) in [7, 11) is 0. The fraction of sp³-hybridized carbons (Fsp3) is 0.182. The van der Waals surface area contributed by atoms with E-state index < -0.39 is 0 Å². The maximum absolute atomic E-state index is 5.58. The third kappa shape index (κ3) is 2.25. The molecule has 92 valence electrons. The molecule has 0 aliphatic rings. The Kier molecular flexibility index (Phi) is 2.81. The van der Waals surface area contributed by atoms with E-state index in [2.05, 4.69) is 20.4 Å². The van der Waals surface area contributed by atoms with E-state index in [1.54, 1.807) is 28.4 Å². The van der Waals surface area contributed by atoms with E-state index in [-0.39, 0.29) is 0 Å². The first-order chi connectivity index (χ1) is 8.81. The number of aromatic nitrogens is 4. The van der Waals surface area contributed by atoms with Gasteiger partial charge in [0.1, 0.15) is 4.83 Å². The van der Waals surface area contributed by atoms with Crippen molar-refractivity contribution in [3.8, 4) is 0 Å². The molecule has 0 aromatic carbocycles. The second-order valence-electron chi connectivity index (χ2n) is 3.84. The Morgan fingerprint density at radius 2 is 2.33 bits per heavy atom. The van der Waals surface area contributed by atoms with Crippen LogP contribution in [0.5, 0.6) is 0 Å². The molecular formula is C11H12N6S. The summed E-state index contributed by atoms with van der Waals surface area (Å²) in [6.07, 6.45) is 5.26. The van der Waals surface area contributed by atoms with Gasteiger partial charge in [0.15, 0.2) is 0 Å². The van der Waals surface area contributed by atoms with Gasteiger partial charge in [-0.25, -0.2) is 9.97 Å². The number of nitrogens with one attached hydrogen (secondary N) is 1. The van der Waals surface area contributed by atoms with Crippen molar-refractivity contribution >= 4 is 33.2 Å². The van der Waals surface area contributed by atoms with Crippen molar-refractivity contribution in [2.45, 2.75) is 6.54 Å². The Morgan fingerprint density at radius 1 is 1.39 bits per heavy atom. The average molecular weight is 260 g/mol. The molecule has 0 radical (unpaired) electrons. The molecule has 0 unspecified atom stereocenters. The van der Waals surface area contributed by atoms with Crippen molar-refractivity contribution in [1.82, 2.24) is 19.7 Å². The van der Waals surface area contributed by atoms with Crippen molar-refractivity contribution in [1.29, 1.82) is 0 Å². The largest absolute Gasteiger partial charge is 0.396 e. The molecule has 3 aromatic heterocycles. The van der Waals surface area contributed by atoms with Crippen molar-refractivity contribution < 1.29 is 0 Å². The van der Waals surface area contributed by atoms with Crippen LogP contribution in [0.2, 0.25) is 0 Å². The van der Waals surface area contributed by atoms with Crippen LogP contribution >= 0.6 is 11.3 Å². The normalized spacial score (nSPS) is 10.9. The summed E-state index contributed by atoms with van der Waals surface area (Å²) in [5.74, 6) is 0.644. The molecule has 0 amide bonds. The summed E-state index contributed by atoms with van der Waals surface area (Å²) in [5, 5.41) is 10.4. The molecule has 0 atom stereocenters. The van der Waals surface area contributed by atoms with E-state index in [1.165, 1.54) is 0 Å². The van der Waals surface area contributed by atoms with E-state index in [0.29, 0.717) is 18.2 Å². The number of thiophene rings is 1. The second-order valence-corrected chi connectivity index (χ2v) is 4.73. The maximum atomic E-state index is 5.58. The first kappa shape index (κ1) is 11.0. The number of anilines is 2. The highest BCUT2D eigenvalue weighted by Gasteiger charge is 2.00. The highest BCUT2D eigenvalue weighted by Crippen LogP contribution is 2.18. The van der Waals surface area contributed by atoms with E-state index in [4.69, 9.17) is 5.73 Å². The summed E-state index contributed by atoms with van der Waals surface area (Å²) in [6, 6.07) is 2.01. The predicted molar refractivity (Wildman–Crippen MR) is 72.5 cm³/mol. The molecule has 3 heterocycles. The highest BCUT2D eigenvalue weighted by molar-refractivity contribution is 7.16. The highest BCUT2D eigenvalue weighted by atomic mass is 32.1. The maximum Gasteiger partial charge on any atom is 0.224 e. The molecule has 0 saturated heterocycles. The minimum atomic E-state index is 0.644. The van der Waals surface area contributed by atoms with Gasteiger partial charge in [-0.1, -0.05) is 0 Å². The van der Waals surface area contributed by atoms with Crippen molar-refractivity contribution in [2.24, 2.45) is 0 Å². The topological polar surface area (TPSA) is 81.6 Å². The third-order valence-electron chi connectivity index (χ3n) is 2.48. The summed E-state index contributed by atoms with van der Waals surface area (Å²) in [4.78, 5) is 9.66. The Labute approximate surface area is 107 Å². The van der Waals surface area contributed by atoms with Gasteiger partial charge >= 0.3 is 0 Å². The third-order valence-corrected chi connectivity index (χ3v) is 3.31. The van der Waals surface area contributed by atoms with Crippen molar-refractivity contribution in [2.75, 3.05) is 17.6 Å². The number of rotatable bonds is 4. The first-order valence-electron chi connectivity index (χ1n) is 5.53. The fourth-order valence-electron chi connectivity index (χ4n) is 1.63. The number of fused-ring (bicyclic) bond motifs is 1. The van der Waals surface area contributed by atoms with Gasteiger partial charge in [0.05, 0.1) is 18.4 Å². The standard InChI is InChI=1S/C11H12N6S/c12-9-6-15-17(7-9)3-2-13-11-14-5-8-1-4-18-10(8)16-11/h1,4-7H,2-3,12H2,(H,13,14,16). The molecule has 0 aliphatic carbocycles. The Hall–Kier alpha value is -2.15. The molecule has 3 aromatic rings. The van der Waals surface area contributed by atoms with Crippen molar-refractivity contribution in [3.05, 3.63) is 30.0 Å². The SMILES string of the molecule is Nc1cnn(CCNc2ncc3ccsc3n2)c1. The lowest BCUT2D eigenvalue weighted by Crippen LogP contribution is -2.12. The van der Waals surface area contributed by atoms with Crippen LogP contribution in [0.15, 0.2) is 30.0 Å². The van der Waals surface area contributed by atoms with Crippen molar-refractivity contribution in [3.63, 3.8) is 0 Å². The molecule has 6 nitrogen and oxygen atoms in total. The summed E-state index contributed by atoms with van der Waals surface area (Å²) >= 11 is 1.61. The van der Waals surface area contributed by atoms with Crippen LogP contribution in [-0.4, -0.2) is 26.3 Å². The fourth-order valence-corrected chi connectivity index (χ4v) is 2.36. The molecule has 0 spiro atoms. The van der Waals surface area contributed by atoms with E-state index in [9.17, 15) is 0 Å². The Balaban J connectivity index is 1.62. The molecule has 7 heteroatoms. The zero-order chi connectivity index (χ0) is 12.4. The summed E-state index contributed by atoms with van der Waals surface area (Å²) < 4.78 is 1.78. The Morgan fingerprint density at radius 3 is 3.17 bits per heavy atom. The van der Waals surface area contributed by atoms with E-state index in [0.717, 1.165) is 16.8 Å². The lowest BCUT2D eigenvalue weighted by Gasteiger charge is -2.04. The van der Waals surface area contributed by atoms with Crippen LogP contribution in [0.3, 0.4) is 0 Å². The second kappa shape index (κ2) is 4.61. The lowest BCUT2D eigenvalue weighted by atomic mass is 10.4. The number of hydrogen-bond acceptors (Lipinski definition) is 6. The summed E-state index contributed by atoms with van der Waals surface area (Å²) in [5.41, 5.74) is 6.26. The van der Waals surface area contributed by atoms with Crippen LogP contribution in [0.4, 0.5) is 11.6 Å².